The molecule has 0 aromatic heterocycles. The van der Waals surface area contributed by atoms with Crippen LogP contribution in [0, 0.1) is 6.92 Å². The summed E-state index contributed by atoms with van der Waals surface area (Å²) in [6, 6.07) is 14.9. The highest BCUT2D eigenvalue weighted by Crippen LogP contribution is 2.39. The van der Waals surface area contributed by atoms with E-state index in [2.05, 4.69) is 4.90 Å². The van der Waals surface area contributed by atoms with Gasteiger partial charge in [0.15, 0.2) is 0 Å². The molecular formula is C23H23ClN2O2S. The average Bonchev–Trinajstić information content (AvgIpc) is 2.89. The number of amides is 2. The van der Waals surface area contributed by atoms with Gasteiger partial charge in [0.2, 0.25) is 0 Å². The Morgan fingerprint density at radius 3 is 2.07 bits per heavy atom. The van der Waals surface area contributed by atoms with E-state index in [1.807, 2.05) is 31.2 Å². The van der Waals surface area contributed by atoms with Gasteiger partial charge < -0.3 is 4.90 Å². The van der Waals surface area contributed by atoms with E-state index in [0.29, 0.717) is 21.3 Å². The number of benzene rings is 2. The fourth-order valence-corrected chi connectivity index (χ4v) is 4.84. The fraction of sp³-hybridized carbons (Fsp3) is 0.304. The van der Waals surface area contributed by atoms with E-state index in [1.54, 1.807) is 24.3 Å². The highest BCUT2D eigenvalue weighted by molar-refractivity contribution is 8.04. The molecule has 1 saturated heterocycles. The van der Waals surface area contributed by atoms with Crippen LogP contribution >= 0.6 is 23.4 Å². The fourth-order valence-electron chi connectivity index (χ4n) is 3.71. The second-order valence-corrected chi connectivity index (χ2v) is 8.94. The number of carbonyl (C=O) groups excluding carboxylic acids is 2. The largest absolute Gasteiger partial charge is 0.366 e. The zero-order valence-electron chi connectivity index (χ0n) is 16.4. The molecule has 2 aliphatic rings. The molecule has 2 aromatic rings. The smallest absolute Gasteiger partial charge is 0.283 e. The van der Waals surface area contributed by atoms with Gasteiger partial charge in [-0.3, -0.25) is 9.59 Å². The number of halogens is 1. The molecule has 2 amide bonds. The molecule has 0 unspecified atom stereocenters. The molecular weight excluding hydrogens is 404 g/mol. The molecule has 1 fully saturated rings. The van der Waals surface area contributed by atoms with Crippen LogP contribution < -0.4 is 4.90 Å². The first kappa shape index (κ1) is 20.0. The Bertz CT molecular complexity index is 946. The minimum Gasteiger partial charge on any atom is -0.366 e. The van der Waals surface area contributed by atoms with Crippen molar-refractivity contribution in [3.05, 3.63) is 69.7 Å². The zero-order chi connectivity index (χ0) is 20.4. The SMILES string of the molecule is Cc1ccc(SC2=C(N3CCCCCC3)C(=O)N(c3ccc(Cl)cc3)C2=O)cc1. The number of rotatable bonds is 4. The summed E-state index contributed by atoms with van der Waals surface area (Å²) in [6.07, 6.45) is 4.39. The van der Waals surface area contributed by atoms with Gasteiger partial charge in [0, 0.05) is 23.0 Å². The van der Waals surface area contributed by atoms with Gasteiger partial charge in [-0.2, -0.15) is 0 Å². The Morgan fingerprint density at radius 1 is 0.828 bits per heavy atom. The maximum atomic E-state index is 13.4. The Morgan fingerprint density at radius 2 is 1.45 bits per heavy atom. The predicted molar refractivity (Wildman–Crippen MR) is 118 cm³/mol. The van der Waals surface area contributed by atoms with Crippen LogP contribution in [0.1, 0.15) is 31.2 Å². The Balaban J connectivity index is 1.73. The number of anilines is 1. The molecule has 4 rings (SSSR count). The van der Waals surface area contributed by atoms with E-state index in [9.17, 15) is 9.59 Å². The third-order valence-electron chi connectivity index (χ3n) is 5.27. The topological polar surface area (TPSA) is 40.6 Å². The van der Waals surface area contributed by atoms with Gasteiger partial charge in [-0.25, -0.2) is 4.90 Å². The van der Waals surface area contributed by atoms with E-state index in [-0.39, 0.29) is 11.8 Å². The molecule has 0 saturated carbocycles. The zero-order valence-corrected chi connectivity index (χ0v) is 17.9. The number of imide groups is 1. The lowest BCUT2D eigenvalue weighted by Gasteiger charge is -2.24. The monoisotopic (exact) mass is 426 g/mol. The maximum absolute atomic E-state index is 13.4. The Hall–Kier alpha value is -2.24. The van der Waals surface area contributed by atoms with Crippen molar-refractivity contribution in [3.63, 3.8) is 0 Å². The predicted octanol–water partition coefficient (Wildman–Crippen LogP) is 5.40. The number of thioether (sulfide) groups is 1. The van der Waals surface area contributed by atoms with E-state index >= 15 is 0 Å². The highest BCUT2D eigenvalue weighted by atomic mass is 35.5. The first-order chi connectivity index (χ1) is 14.0. The molecule has 0 atom stereocenters. The van der Waals surface area contributed by atoms with E-state index in [4.69, 9.17) is 11.6 Å². The lowest BCUT2D eigenvalue weighted by atomic mass is 10.2. The number of carbonyl (C=O) groups is 2. The van der Waals surface area contributed by atoms with Crippen LogP contribution in [-0.2, 0) is 9.59 Å². The van der Waals surface area contributed by atoms with Crippen LogP contribution in [0.5, 0.6) is 0 Å². The van der Waals surface area contributed by atoms with E-state index in [1.165, 1.54) is 16.7 Å². The molecule has 0 bridgehead atoms. The van der Waals surface area contributed by atoms with Crippen molar-refractivity contribution >= 4 is 40.9 Å². The van der Waals surface area contributed by atoms with Crippen molar-refractivity contribution in [2.75, 3.05) is 18.0 Å². The summed E-state index contributed by atoms with van der Waals surface area (Å²) >= 11 is 7.38. The van der Waals surface area contributed by atoms with Crippen molar-refractivity contribution in [1.29, 1.82) is 0 Å². The summed E-state index contributed by atoms with van der Waals surface area (Å²) in [4.78, 5) is 31.7. The number of hydrogen-bond donors (Lipinski definition) is 0. The molecule has 2 aromatic carbocycles. The Labute approximate surface area is 180 Å². The second-order valence-electron chi connectivity index (χ2n) is 7.42. The van der Waals surface area contributed by atoms with Gasteiger partial charge in [0.05, 0.1) is 5.69 Å². The van der Waals surface area contributed by atoms with Gasteiger partial charge in [0.25, 0.3) is 11.8 Å². The average molecular weight is 427 g/mol. The summed E-state index contributed by atoms with van der Waals surface area (Å²) in [5.74, 6) is -0.504. The number of likely N-dealkylation sites (tertiary alicyclic amines) is 1. The summed E-state index contributed by atoms with van der Waals surface area (Å²) in [5.41, 5.74) is 2.25. The van der Waals surface area contributed by atoms with Crippen molar-refractivity contribution in [2.45, 2.75) is 37.5 Å². The van der Waals surface area contributed by atoms with Gasteiger partial charge in [-0.05, 0) is 56.2 Å². The lowest BCUT2D eigenvalue weighted by Crippen LogP contribution is -2.35. The van der Waals surface area contributed by atoms with Crippen molar-refractivity contribution in [2.24, 2.45) is 0 Å². The van der Waals surface area contributed by atoms with Gasteiger partial charge in [-0.1, -0.05) is 53.9 Å². The number of nitrogens with zero attached hydrogens (tertiary/aromatic N) is 2. The van der Waals surface area contributed by atoms with Crippen molar-refractivity contribution in [3.8, 4) is 0 Å². The molecule has 6 heteroatoms. The molecule has 29 heavy (non-hydrogen) atoms. The standard InChI is InChI=1S/C23H23ClN2O2S/c1-16-6-12-19(13-7-16)29-21-20(25-14-4-2-3-5-15-25)22(27)26(23(21)28)18-10-8-17(24)9-11-18/h6-13H,2-5,14-15H2,1H3. The first-order valence-electron chi connectivity index (χ1n) is 9.93. The minimum atomic E-state index is -0.262. The molecule has 0 N–H and O–H groups in total. The van der Waals surface area contributed by atoms with E-state index < -0.39 is 0 Å². The number of hydrogen-bond acceptors (Lipinski definition) is 4. The molecule has 0 aliphatic carbocycles. The van der Waals surface area contributed by atoms with Crippen LogP contribution in [0.4, 0.5) is 5.69 Å². The molecule has 150 valence electrons. The van der Waals surface area contributed by atoms with E-state index in [0.717, 1.165) is 49.2 Å². The molecule has 2 aliphatic heterocycles. The van der Waals surface area contributed by atoms with Gasteiger partial charge in [0.1, 0.15) is 10.6 Å². The van der Waals surface area contributed by atoms with Crippen molar-refractivity contribution < 1.29 is 9.59 Å². The summed E-state index contributed by atoms with van der Waals surface area (Å²) in [7, 11) is 0. The highest BCUT2D eigenvalue weighted by Gasteiger charge is 2.42. The summed E-state index contributed by atoms with van der Waals surface area (Å²) < 4.78 is 0. The maximum Gasteiger partial charge on any atom is 0.283 e. The molecule has 0 spiro atoms. The van der Waals surface area contributed by atoms with Crippen molar-refractivity contribution in [1.82, 2.24) is 4.90 Å². The number of aryl methyl sites for hydroxylation is 1. The summed E-state index contributed by atoms with van der Waals surface area (Å²) in [5, 5.41) is 0.572. The quantitative estimate of drug-likeness (QED) is 0.613. The summed E-state index contributed by atoms with van der Waals surface area (Å²) in [6.45, 7) is 3.64. The second kappa shape index (κ2) is 8.64. The third kappa shape index (κ3) is 4.21. The Kier molecular flexibility index (Phi) is 5.97. The minimum absolute atomic E-state index is 0.242. The van der Waals surface area contributed by atoms with Crippen LogP contribution in [0.3, 0.4) is 0 Å². The van der Waals surface area contributed by atoms with Crippen LogP contribution in [0.2, 0.25) is 5.02 Å². The normalized spacial score (nSPS) is 17.9. The third-order valence-corrected chi connectivity index (χ3v) is 6.60. The van der Waals surface area contributed by atoms with Crippen LogP contribution in [-0.4, -0.2) is 29.8 Å². The van der Waals surface area contributed by atoms with Gasteiger partial charge >= 0.3 is 0 Å². The molecule has 0 radical (unpaired) electrons. The molecule has 4 nitrogen and oxygen atoms in total. The van der Waals surface area contributed by atoms with Crippen LogP contribution in [0.15, 0.2) is 64.0 Å². The lowest BCUT2D eigenvalue weighted by molar-refractivity contribution is -0.121. The van der Waals surface area contributed by atoms with Crippen LogP contribution in [0.25, 0.3) is 0 Å². The molecule has 2 heterocycles. The van der Waals surface area contributed by atoms with Gasteiger partial charge in [-0.15, -0.1) is 0 Å². The first-order valence-corrected chi connectivity index (χ1v) is 11.1.